The largest absolute Gasteiger partial charge is 0.458 e. The summed E-state index contributed by atoms with van der Waals surface area (Å²) in [6.07, 6.45) is -0.598. The van der Waals surface area contributed by atoms with Crippen LogP contribution >= 0.6 is 0 Å². The molecule has 0 amide bonds. The minimum absolute atomic E-state index is 0.0906. The second-order valence-electron chi connectivity index (χ2n) is 8.04. The van der Waals surface area contributed by atoms with Crippen LogP contribution in [0.3, 0.4) is 0 Å². The normalized spacial score (nSPS) is 18.2. The maximum atomic E-state index is 13.0. The van der Waals surface area contributed by atoms with E-state index in [0.717, 1.165) is 17.9 Å². The van der Waals surface area contributed by atoms with Crippen LogP contribution in [-0.4, -0.2) is 54.7 Å². The third kappa shape index (κ3) is 9.02. The molecule has 1 fully saturated rings. The van der Waals surface area contributed by atoms with Gasteiger partial charge in [-0.05, 0) is 59.5 Å². The van der Waals surface area contributed by atoms with Crippen molar-refractivity contribution in [2.75, 3.05) is 19.7 Å². The molecule has 1 aliphatic rings. The van der Waals surface area contributed by atoms with Gasteiger partial charge in [-0.2, -0.15) is 13.2 Å². The number of rotatable bonds is 7. The van der Waals surface area contributed by atoms with Crippen molar-refractivity contribution in [3.05, 3.63) is 23.0 Å². The molecule has 8 heteroatoms. The first-order valence-corrected chi connectivity index (χ1v) is 9.93. The van der Waals surface area contributed by atoms with Crippen LogP contribution in [0.25, 0.3) is 0 Å². The molecule has 1 heterocycles. The van der Waals surface area contributed by atoms with Gasteiger partial charge in [-0.3, -0.25) is 0 Å². The topological polar surface area (TPSA) is 51.1 Å². The number of likely N-dealkylation sites (tertiary alicyclic amines) is 1. The second-order valence-corrected chi connectivity index (χ2v) is 8.04. The average molecular weight is 419 g/mol. The van der Waals surface area contributed by atoms with Gasteiger partial charge in [0, 0.05) is 19.3 Å². The Kier molecular flexibility index (Phi) is 9.39. The van der Waals surface area contributed by atoms with E-state index in [1.165, 1.54) is 6.92 Å². The summed E-state index contributed by atoms with van der Waals surface area (Å²) in [5, 5.41) is 0. The molecule has 29 heavy (non-hydrogen) atoms. The maximum absolute atomic E-state index is 13.0. The van der Waals surface area contributed by atoms with Gasteiger partial charge in [0.15, 0.2) is 0 Å². The molecule has 0 saturated carbocycles. The lowest BCUT2D eigenvalue weighted by atomic mass is 10.1. The van der Waals surface area contributed by atoms with Gasteiger partial charge in [-0.15, -0.1) is 0 Å². The molecule has 0 radical (unpaired) electrons. The minimum atomic E-state index is -4.42. The minimum Gasteiger partial charge on any atom is -0.458 e. The van der Waals surface area contributed by atoms with Gasteiger partial charge in [0.05, 0.1) is 11.7 Å². The first kappa shape index (κ1) is 25.2. The summed E-state index contributed by atoms with van der Waals surface area (Å²) in [5.41, 5.74) is -0.400. The fraction of sp³-hybridized carbons (Fsp3) is 0.714. The number of aliphatic imine (C=N–C) groups is 1. The second kappa shape index (κ2) is 10.8. The van der Waals surface area contributed by atoms with Crippen molar-refractivity contribution >= 4 is 12.2 Å². The van der Waals surface area contributed by atoms with Gasteiger partial charge >= 0.3 is 12.1 Å². The quantitative estimate of drug-likeness (QED) is 0.430. The van der Waals surface area contributed by atoms with Gasteiger partial charge in [-0.1, -0.05) is 13.0 Å². The van der Waals surface area contributed by atoms with E-state index in [9.17, 15) is 18.0 Å². The molecule has 0 aromatic heterocycles. The average Bonchev–Trinajstić information content (AvgIpc) is 2.61. The summed E-state index contributed by atoms with van der Waals surface area (Å²) < 4.78 is 49.8. The Morgan fingerprint density at radius 2 is 1.79 bits per heavy atom. The van der Waals surface area contributed by atoms with E-state index in [-0.39, 0.29) is 12.7 Å². The number of piperidine rings is 1. The van der Waals surface area contributed by atoms with Crippen LogP contribution in [0, 0.1) is 0 Å². The smallest absolute Gasteiger partial charge is 0.417 e. The Balaban J connectivity index is 2.70. The monoisotopic (exact) mass is 418 g/mol. The summed E-state index contributed by atoms with van der Waals surface area (Å²) in [7, 11) is 0. The summed E-state index contributed by atoms with van der Waals surface area (Å²) in [4.78, 5) is 17.9. The molecule has 0 aliphatic carbocycles. The number of ether oxygens (including phenoxy) is 2. The highest BCUT2D eigenvalue weighted by molar-refractivity contribution is 5.81. The SMILES string of the molecule is C/C=C(\C=N/C(=C(C)CC)N1CCC(OCC(=O)OC(C)(C)C)CC1)C(F)(F)F. The number of esters is 1. The molecule has 0 atom stereocenters. The van der Waals surface area contributed by atoms with E-state index in [1.807, 2.05) is 18.7 Å². The highest BCUT2D eigenvalue weighted by Crippen LogP contribution is 2.26. The van der Waals surface area contributed by atoms with Crippen LogP contribution in [0.4, 0.5) is 13.2 Å². The number of nitrogens with zero attached hydrogens (tertiary/aromatic N) is 2. The fourth-order valence-electron chi connectivity index (χ4n) is 2.85. The predicted molar refractivity (Wildman–Crippen MR) is 108 cm³/mol. The third-order valence-electron chi connectivity index (χ3n) is 4.47. The Hall–Kier alpha value is -1.83. The van der Waals surface area contributed by atoms with Crippen molar-refractivity contribution < 1.29 is 27.4 Å². The Morgan fingerprint density at radius 1 is 1.21 bits per heavy atom. The lowest BCUT2D eigenvalue weighted by molar-refractivity contribution is -0.163. The Bertz CT molecular complexity index is 639. The molecule has 5 nitrogen and oxygen atoms in total. The molecule has 0 aromatic carbocycles. The summed E-state index contributed by atoms with van der Waals surface area (Å²) in [5.74, 6) is 0.166. The van der Waals surface area contributed by atoms with E-state index in [1.54, 1.807) is 20.8 Å². The van der Waals surface area contributed by atoms with Gasteiger partial charge in [0.25, 0.3) is 0 Å². The standard InChI is InChI=1S/C21H33F3N2O3/c1-7-15(3)19(25-13-16(8-2)21(22,23)24)26-11-9-17(10-12-26)28-14-18(27)29-20(4,5)6/h8,13,17H,7,9-12,14H2,1-6H3/b16-8+,19-15?,25-13-. The van der Waals surface area contributed by atoms with Crippen LogP contribution in [0.5, 0.6) is 0 Å². The number of carbonyl (C=O) groups is 1. The Morgan fingerprint density at radius 3 is 2.24 bits per heavy atom. The van der Waals surface area contributed by atoms with E-state index in [4.69, 9.17) is 9.47 Å². The van der Waals surface area contributed by atoms with Crippen molar-refractivity contribution in [1.29, 1.82) is 0 Å². The van der Waals surface area contributed by atoms with Crippen molar-refractivity contribution in [2.24, 2.45) is 4.99 Å². The zero-order chi connectivity index (χ0) is 22.2. The van der Waals surface area contributed by atoms with E-state index < -0.39 is 23.3 Å². The number of halogens is 3. The number of allylic oxidation sites excluding steroid dienone is 3. The lowest BCUT2D eigenvalue weighted by Crippen LogP contribution is -2.38. The molecule has 1 rings (SSSR count). The third-order valence-corrected chi connectivity index (χ3v) is 4.47. The molecule has 0 unspecified atom stereocenters. The number of alkyl halides is 3. The maximum Gasteiger partial charge on any atom is 0.417 e. The van der Waals surface area contributed by atoms with Crippen LogP contribution in [0.1, 0.15) is 60.8 Å². The van der Waals surface area contributed by atoms with Crippen molar-refractivity contribution in [3.8, 4) is 0 Å². The molecular formula is C21H33F3N2O3. The molecule has 0 spiro atoms. The molecule has 1 aliphatic heterocycles. The first-order valence-electron chi connectivity index (χ1n) is 9.93. The number of hydrogen-bond donors (Lipinski definition) is 0. The predicted octanol–water partition coefficient (Wildman–Crippen LogP) is 5.03. The van der Waals surface area contributed by atoms with Crippen LogP contribution in [0.2, 0.25) is 0 Å². The van der Waals surface area contributed by atoms with Crippen LogP contribution in [-0.2, 0) is 14.3 Å². The molecule has 0 aromatic rings. The van der Waals surface area contributed by atoms with E-state index in [2.05, 4.69) is 4.99 Å². The highest BCUT2D eigenvalue weighted by Gasteiger charge is 2.32. The molecule has 1 saturated heterocycles. The zero-order valence-electron chi connectivity index (χ0n) is 18.2. The summed E-state index contributed by atoms with van der Waals surface area (Å²) in [6.45, 7) is 11.7. The molecule has 0 N–H and O–H groups in total. The van der Waals surface area contributed by atoms with Crippen LogP contribution < -0.4 is 0 Å². The van der Waals surface area contributed by atoms with E-state index in [0.29, 0.717) is 38.2 Å². The summed E-state index contributed by atoms with van der Waals surface area (Å²) >= 11 is 0. The van der Waals surface area contributed by atoms with Crippen molar-refractivity contribution in [2.45, 2.75) is 78.7 Å². The molecular weight excluding hydrogens is 385 g/mol. The van der Waals surface area contributed by atoms with Gasteiger partial charge in [0.2, 0.25) is 0 Å². The van der Waals surface area contributed by atoms with Crippen molar-refractivity contribution in [3.63, 3.8) is 0 Å². The number of carbonyl (C=O) groups excluding carboxylic acids is 1. The van der Waals surface area contributed by atoms with Crippen LogP contribution in [0.15, 0.2) is 28.0 Å². The number of hydrogen-bond acceptors (Lipinski definition) is 5. The Labute approximate surface area is 171 Å². The van der Waals surface area contributed by atoms with Gasteiger partial charge in [0.1, 0.15) is 18.0 Å². The van der Waals surface area contributed by atoms with Gasteiger partial charge < -0.3 is 14.4 Å². The molecule has 166 valence electrons. The van der Waals surface area contributed by atoms with Crippen molar-refractivity contribution in [1.82, 2.24) is 4.90 Å². The zero-order valence-corrected chi connectivity index (χ0v) is 18.2. The lowest BCUT2D eigenvalue weighted by Gasteiger charge is -2.34. The first-order chi connectivity index (χ1) is 13.4. The highest BCUT2D eigenvalue weighted by atomic mass is 19.4. The van der Waals surface area contributed by atoms with Gasteiger partial charge in [-0.25, -0.2) is 9.79 Å². The fourth-order valence-corrected chi connectivity index (χ4v) is 2.85. The van der Waals surface area contributed by atoms with E-state index >= 15 is 0 Å². The molecule has 0 bridgehead atoms. The summed E-state index contributed by atoms with van der Waals surface area (Å²) in [6, 6.07) is 0.